The maximum atomic E-state index is 11.4. The SMILES string of the molecule is COC(=O)c1cccc(C#CCC(=O)O)c1C. The Morgan fingerprint density at radius 2 is 2.12 bits per heavy atom. The van der Waals surface area contributed by atoms with Crippen molar-refractivity contribution >= 4 is 11.9 Å². The number of carboxylic acids is 1. The Bertz CT molecular complexity index is 506. The highest BCUT2D eigenvalue weighted by Crippen LogP contribution is 2.13. The topological polar surface area (TPSA) is 63.6 Å². The molecule has 0 amide bonds. The number of aliphatic carboxylic acids is 1. The summed E-state index contributed by atoms with van der Waals surface area (Å²) in [5.74, 6) is 3.85. The quantitative estimate of drug-likeness (QED) is 0.621. The first-order chi connectivity index (χ1) is 8.06. The van der Waals surface area contributed by atoms with Gasteiger partial charge in [-0.05, 0) is 24.6 Å². The third-order valence-corrected chi connectivity index (χ3v) is 2.20. The molecule has 4 heteroatoms. The van der Waals surface area contributed by atoms with E-state index in [0.717, 1.165) is 0 Å². The number of carbonyl (C=O) groups excluding carboxylic acids is 1. The van der Waals surface area contributed by atoms with Gasteiger partial charge in [-0.3, -0.25) is 4.79 Å². The van der Waals surface area contributed by atoms with Gasteiger partial charge in [-0.1, -0.05) is 17.9 Å². The Morgan fingerprint density at radius 1 is 1.41 bits per heavy atom. The summed E-state index contributed by atoms with van der Waals surface area (Å²) in [5, 5.41) is 8.47. The van der Waals surface area contributed by atoms with E-state index in [1.165, 1.54) is 7.11 Å². The largest absolute Gasteiger partial charge is 0.481 e. The molecule has 0 atom stereocenters. The lowest BCUT2D eigenvalue weighted by Crippen LogP contribution is -2.04. The van der Waals surface area contributed by atoms with Crippen molar-refractivity contribution in [3.8, 4) is 11.8 Å². The minimum Gasteiger partial charge on any atom is -0.481 e. The molecule has 1 rings (SSSR count). The molecule has 0 bridgehead atoms. The van der Waals surface area contributed by atoms with Gasteiger partial charge in [0.1, 0.15) is 6.42 Å². The van der Waals surface area contributed by atoms with Crippen molar-refractivity contribution in [1.29, 1.82) is 0 Å². The summed E-state index contributed by atoms with van der Waals surface area (Å²) in [4.78, 5) is 21.7. The average molecular weight is 232 g/mol. The van der Waals surface area contributed by atoms with Crippen molar-refractivity contribution in [3.05, 3.63) is 34.9 Å². The monoisotopic (exact) mass is 232 g/mol. The Morgan fingerprint density at radius 3 is 2.71 bits per heavy atom. The van der Waals surface area contributed by atoms with E-state index in [2.05, 4.69) is 16.6 Å². The fourth-order valence-electron chi connectivity index (χ4n) is 1.32. The number of rotatable bonds is 2. The van der Waals surface area contributed by atoms with Crippen molar-refractivity contribution in [2.45, 2.75) is 13.3 Å². The fraction of sp³-hybridized carbons (Fsp3) is 0.231. The maximum absolute atomic E-state index is 11.4. The van der Waals surface area contributed by atoms with Gasteiger partial charge in [-0.25, -0.2) is 4.79 Å². The second-order valence-electron chi connectivity index (χ2n) is 3.34. The Kier molecular flexibility index (Phi) is 4.29. The molecule has 0 saturated heterocycles. The van der Waals surface area contributed by atoms with E-state index in [-0.39, 0.29) is 6.42 Å². The van der Waals surface area contributed by atoms with Crippen LogP contribution in [0.5, 0.6) is 0 Å². The van der Waals surface area contributed by atoms with Crippen LogP contribution in [0, 0.1) is 18.8 Å². The second kappa shape index (κ2) is 5.71. The van der Waals surface area contributed by atoms with Gasteiger partial charge in [0.05, 0.1) is 12.7 Å². The predicted molar refractivity (Wildman–Crippen MR) is 61.6 cm³/mol. The van der Waals surface area contributed by atoms with E-state index in [0.29, 0.717) is 16.7 Å². The number of hydrogen-bond donors (Lipinski definition) is 1. The highest BCUT2D eigenvalue weighted by atomic mass is 16.5. The van der Waals surface area contributed by atoms with Crippen LogP contribution in [0.15, 0.2) is 18.2 Å². The van der Waals surface area contributed by atoms with Crippen molar-refractivity contribution in [1.82, 2.24) is 0 Å². The van der Waals surface area contributed by atoms with Crippen LogP contribution >= 0.6 is 0 Å². The van der Waals surface area contributed by atoms with Crippen LogP contribution in [0.4, 0.5) is 0 Å². The molecule has 0 fully saturated rings. The molecular weight excluding hydrogens is 220 g/mol. The number of ether oxygens (including phenoxy) is 1. The average Bonchev–Trinajstić information content (AvgIpc) is 2.30. The predicted octanol–water partition coefficient (Wildman–Crippen LogP) is 1.61. The van der Waals surface area contributed by atoms with Crippen molar-refractivity contribution < 1.29 is 19.4 Å². The Hall–Kier alpha value is -2.28. The Labute approximate surface area is 99.2 Å². The highest BCUT2D eigenvalue weighted by molar-refractivity contribution is 5.91. The first-order valence-electron chi connectivity index (χ1n) is 4.95. The van der Waals surface area contributed by atoms with Gasteiger partial charge >= 0.3 is 11.9 Å². The van der Waals surface area contributed by atoms with E-state index in [4.69, 9.17) is 5.11 Å². The van der Waals surface area contributed by atoms with E-state index in [1.807, 2.05) is 0 Å². The minimum atomic E-state index is -0.973. The molecule has 0 radical (unpaired) electrons. The van der Waals surface area contributed by atoms with Gasteiger partial charge in [0.2, 0.25) is 0 Å². The van der Waals surface area contributed by atoms with Crippen molar-refractivity contribution in [2.75, 3.05) is 7.11 Å². The van der Waals surface area contributed by atoms with Gasteiger partial charge < -0.3 is 9.84 Å². The fourth-order valence-corrected chi connectivity index (χ4v) is 1.32. The molecule has 4 nitrogen and oxygen atoms in total. The molecule has 0 aliphatic carbocycles. The number of benzene rings is 1. The zero-order valence-electron chi connectivity index (χ0n) is 9.61. The third kappa shape index (κ3) is 3.35. The van der Waals surface area contributed by atoms with Gasteiger partial charge in [0.15, 0.2) is 0 Å². The lowest BCUT2D eigenvalue weighted by atomic mass is 10.0. The molecule has 0 aromatic heterocycles. The molecule has 0 aliphatic heterocycles. The Balaban J connectivity index is 3.05. The van der Waals surface area contributed by atoms with Crippen LogP contribution in [-0.2, 0) is 9.53 Å². The summed E-state index contributed by atoms with van der Waals surface area (Å²) in [6.07, 6.45) is -0.220. The number of carboxylic acid groups (broad SMARTS) is 1. The second-order valence-corrected chi connectivity index (χ2v) is 3.34. The van der Waals surface area contributed by atoms with Gasteiger partial charge in [0.25, 0.3) is 0 Å². The lowest BCUT2D eigenvalue weighted by Gasteiger charge is -2.04. The smallest absolute Gasteiger partial charge is 0.338 e. The molecule has 0 heterocycles. The molecule has 1 aromatic rings. The van der Waals surface area contributed by atoms with Crippen LogP contribution in [0.2, 0.25) is 0 Å². The van der Waals surface area contributed by atoms with Crippen molar-refractivity contribution in [3.63, 3.8) is 0 Å². The van der Waals surface area contributed by atoms with Gasteiger partial charge in [-0.2, -0.15) is 0 Å². The first kappa shape index (κ1) is 12.8. The molecular formula is C13H12O4. The van der Waals surface area contributed by atoms with Crippen LogP contribution in [0.25, 0.3) is 0 Å². The number of carbonyl (C=O) groups is 2. The van der Waals surface area contributed by atoms with Gasteiger partial charge in [-0.15, -0.1) is 0 Å². The minimum absolute atomic E-state index is 0.220. The van der Waals surface area contributed by atoms with Gasteiger partial charge in [0, 0.05) is 5.56 Å². The number of hydrogen-bond acceptors (Lipinski definition) is 3. The normalized spacial score (nSPS) is 9.06. The maximum Gasteiger partial charge on any atom is 0.338 e. The molecule has 1 aromatic carbocycles. The summed E-state index contributed by atoms with van der Waals surface area (Å²) < 4.78 is 4.63. The molecule has 88 valence electrons. The van der Waals surface area contributed by atoms with Crippen molar-refractivity contribution in [2.24, 2.45) is 0 Å². The summed E-state index contributed by atoms with van der Waals surface area (Å²) in [6.45, 7) is 1.75. The zero-order valence-corrected chi connectivity index (χ0v) is 9.61. The number of esters is 1. The summed E-state index contributed by atoms with van der Waals surface area (Å²) in [5.41, 5.74) is 1.76. The zero-order chi connectivity index (χ0) is 12.8. The van der Waals surface area contributed by atoms with Crippen LogP contribution in [-0.4, -0.2) is 24.2 Å². The van der Waals surface area contributed by atoms with E-state index >= 15 is 0 Å². The first-order valence-corrected chi connectivity index (χ1v) is 4.95. The third-order valence-electron chi connectivity index (χ3n) is 2.20. The van der Waals surface area contributed by atoms with E-state index < -0.39 is 11.9 Å². The number of methoxy groups -OCH3 is 1. The molecule has 0 saturated carbocycles. The molecule has 0 unspecified atom stereocenters. The molecule has 0 aliphatic rings. The van der Waals surface area contributed by atoms with Crippen LogP contribution < -0.4 is 0 Å². The lowest BCUT2D eigenvalue weighted by molar-refractivity contribution is -0.135. The van der Waals surface area contributed by atoms with Crippen LogP contribution in [0.3, 0.4) is 0 Å². The molecule has 0 spiro atoms. The van der Waals surface area contributed by atoms with Crippen LogP contribution in [0.1, 0.15) is 27.9 Å². The van der Waals surface area contributed by atoms with E-state index in [1.54, 1.807) is 25.1 Å². The summed E-state index contributed by atoms with van der Waals surface area (Å²) >= 11 is 0. The molecule has 17 heavy (non-hydrogen) atoms. The summed E-state index contributed by atoms with van der Waals surface area (Å²) in [7, 11) is 1.31. The highest BCUT2D eigenvalue weighted by Gasteiger charge is 2.10. The molecule has 1 N–H and O–H groups in total. The summed E-state index contributed by atoms with van der Waals surface area (Å²) in [6, 6.07) is 5.06. The standard InChI is InChI=1S/C13H12O4/c1-9-10(6-4-8-12(14)15)5-3-7-11(9)13(16)17-2/h3,5,7H,8H2,1-2H3,(H,14,15). The van der Waals surface area contributed by atoms with E-state index in [9.17, 15) is 9.59 Å².